The molecule has 2 aliphatic carbocycles. The molecular weight excluding hydrogens is 328 g/mol. The van der Waals surface area contributed by atoms with E-state index in [0.717, 1.165) is 10.8 Å². The van der Waals surface area contributed by atoms with Gasteiger partial charge < -0.3 is 10.5 Å². The van der Waals surface area contributed by atoms with E-state index in [-0.39, 0.29) is 23.0 Å². The third-order valence-electron chi connectivity index (χ3n) is 5.60. The Balaban J connectivity index is 1.99. The normalized spacial score (nSPS) is 24.1. The van der Waals surface area contributed by atoms with Crippen LogP contribution in [0.4, 0.5) is 0 Å². The summed E-state index contributed by atoms with van der Waals surface area (Å²) in [5.41, 5.74) is 6.06. The molecule has 0 saturated carbocycles. The van der Waals surface area contributed by atoms with E-state index in [1.54, 1.807) is 6.07 Å². The molecule has 0 fully saturated rings. The maximum absolute atomic E-state index is 13.7. The first-order valence-corrected chi connectivity index (χ1v) is 8.52. The summed E-state index contributed by atoms with van der Waals surface area (Å²) < 4.78 is 5.64. The van der Waals surface area contributed by atoms with Crippen molar-refractivity contribution in [2.45, 2.75) is 24.7 Å². The Labute approximate surface area is 149 Å². The fraction of sp³-hybridized carbons (Fsp3) is 0.190. The number of carbonyl (C=O) groups excluding carboxylic acids is 2. The van der Waals surface area contributed by atoms with Crippen LogP contribution in [-0.4, -0.2) is 11.6 Å². The van der Waals surface area contributed by atoms with E-state index < -0.39 is 5.41 Å². The van der Waals surface area contributed by atoms with E-state index in [9.17, 15) is 14.9 Å². The van der Waals surface area contributed by atoms with Crippen molar-refractivity contribution in [1.82, 2.24) is 0 Å². The van der Waals surface area contributed by atoms with Crippen molar-refractivity contribution in [2.75, 3.05) is 0 Å². The first-order valence-electron chi connectivity index (χ1n) is 8.52. The fourth-order valence-electron chi connectivity index (χ4n) is 4.63. The predicted molar refractivity (Wildman–Crippen MR) is 93.8 cm³/mol. The molecule has 1 spiro atoms. The van der Waals surface area contributed by atoms with Crippen LogP contribution in [-0.2, 0) is 14.9 Å². The number of nitrogens with zero attached hydrogens (tertiary/aromatic N) is 1. The first kappa shape index (κ1) is 14.9. The van der Waals surface area contributed by atoms with Crippen LogP contribution in [0.25, 0.3) is 10.8 Å². The van der Waals surface area contributed by atoms with Crippen LogP contribution in [0, 0.1) is 11.3 Å². The number of ketones is 2. The number of Topliss-reactive ketones (excluding diaryl/α,β-unsaturated/α-hetero) is 2. The number of fused-ring (bicyclic) bond motifs is 2. The van der Waals surface area contributed by atoms with Gasteiger partial charge in [-0.05, 0) is 22.8 Å². The maximum Gasteiger partial charge on any atom is 0.205 e. The van der Waals surface area contributed by atoms with Crippen molar-refractivity contribution >= 4 is 22.3 Å². The number of carbonyl (C=O) groups is 2. The number of nitrogens with two attached hydrogens (primary N) is 1. The Kier molecular flexibility index (Phi) is 2.77. The number of ether oxygens (including phenoxy) is 1. The Morgan fingerprint density at radius 1 is 1.12 bits per heavy atom. The van der Waals surface area contributed by atoms with Crippen LogP contribution in [0.1, 0.15) is 35.2 Å². The highest BCUT2D eigenvalue weighted by atomic mass is 16.5. The largest absolute Gasteiger partial charge is 0.444 e. The molecule has 5 nitrogen and oxygen atoms in total. The highest BCUT2D eigenvalue weighted by Gasteiger charge is 2.59. The molecule has 5 heteroatoms. The van der Waals surface area contributed by atoms with E-state index in [1.807, 2.05) is 30.3 Å². The predicted octanol–water partition coefficient (Wildman–Crippen LogP) is 3.01. The second kappa shape index (κ2) is 4.83. The van der Waals surface area contributed by atoms with Gasteiger partial charge in [-0.2, -0.15) is 5.26 Å². The van der Waals surface area contributed by atoms with Gasteiger partial charge in [0.15, 0.2) is 11.6 Å². The second-order valence-corrected chi connectivity index (χ2v) is 6.82. The molecule has 0 radical (unpaired) electrons. The summed E-state index contributed by atoms with van der Waals surface area (Å²) in [6.07, 6.45) is 1.51. The van der Waals surface area contributed by atoms with Gasteiger partial charge in [0.1, 0.15) is 22.8 Å². The molecule has 2 N–H and O–H groups in total. The van der Waals surface area contributed by atoms with Gasteiger partial charge in [0.2, 0.25) is 5.88 Å². The van der Waals surface area contributed by atoms with Gasteiger partial charge >= 0.3 is 0 Å². The fourth-order valence-corrected chi connectivity index (χ4v) is 4.63. The topological polar surface area (TPSA) is 93.2 Å². The molecule has 3 aliphatic rings. The number of benzene rings is 2. The van der Waals surface area contributed by atoms with Crippen LogP contribution < -0.4 is 5.73 Å². The lowest BCUT2D eigenvalue weighted by Gasteiger charge is -2.38. The van der Waals surface area contributed by atoms with Gasteiger partial charge in [-0.15, -0.1) is 0 Å². The highest BCUT2D eigenvalue weighted by molar-refractivity contribution is 6.27. The minimum atomic E-state index is -1.48. The lowest BCUT2D eigenvalue weighted by Crippen LogP contribution is -2.45. The summed E-state index contributed by atoms with van der Waals surface area (Å²) in [6.45, 7) is 0. The van der Waals surface area contributed by atoms with E-state index in [2.05, 4.69) is 6.07 Å². The van der Waals surface area contributed by atoms with Crippen molar-refractivity contribution in [3.63, 3.8) is 0 Å². The summed E-state index contributed by atoms with van der Waals surface area (Å²) in [6, 6.07) is 13.1. The van der Waals surface area contributed by atoms with Crippen molar-refractivity contribution in [1.29, 1.82) is 5.26 Å². The van der Waals surface area contributed by atoms with Crippen molar-refractivity contribution in [2.24, 2.45) is 5.73 Å². The van der Waals surface area contributed by atoms with Gasteiger partial charge in [-0.3, -0.25) is 9.59 Å². The molecular formula is C21H14N2O3. The van der Waals surface area contributed by atoms with Crippen LogP contribution in [0.3, 0.4) is 0 Å². The summed E-state index contributed by atoms with van der Waals surface area (Å²) in [5.74, 6) is -0.0745. The van der Waals surface area contributed by atoms with Crippen LogP contribution >= 0.6 is 0 Å². The molecule has 2 aromatic carbocycles. The molecule has 0 saturated heterocycles. The molecule has 1 aliphatic heterocycles. The molecule has 26 heavy (non-hydrogen) atoms. The van der Waals surface area contributed by atoms with Gasteiger partial charge in [0, 0.05) is 18.4 Å². The number of hydrogen-bond acceptors (Lipinski definition) is 5. The average Bonchev–Trinajstić information content (AvgIpc) is 2.88. The molecule has 1 unspecified atom stereocenters. The zero-order valence-electron chi connectivity index (χ0n) is 13.8. The number of allylic oxidation sites excluding steroid dienone is 3. The van der Waals surface area contributed by atoms with Crippen LogP contribution in [0.15, 0.2) is 59.2 Å². The molecule has 1 heterocycles. The minimum absolute atomic E-state index is 0.0141. The maximum atomic E-state index is 13.7. The van der Waals surface area contributed by atoms with Crippen molar-refractivity contribution in [3.8, 4) is 6.07 Å². The van der Waals surface area contributed by atoms with E-state index in [0.29, 0.717) is 41.7 Å². The van der Waals surface area contributed by atoms with Crippen molar-refractivity contribution < 1.29 is 14.3 Å². The zero-order chi connectivity index (χ0) is 18.1. The monoisotopic (exact) mass is 342 g/mol. The Bertz CT molecular complexity index is 1140. The van der Waals surface area contributed by atoms with Gasteiger partial charge in [-0.25, -0.2) is 0 Å². The number of rotatable bonds is 0. The van der Waals surface area contributed by atoms with E-state index >= 15 is 0 Å². The van der Waals surface area contributed by atoms with Gasteiger partial charge in [0.05, 0.1) is 5.57 Å². The minimum Gasteiger partial charge on any atom is -0.444 e. The third kappa shape index (κ3) is 1.50. The molecule has 5 rings (SSSR count). The lowest BCUT2D eigenvalue weighted by atomic mass is 9.64. The average molecular weight is 342 g/mol. The van der Waals surface area contributed by atoms with Crippen LogP contribution in [0.2, 0.25) is 0 Å². The van der Waals surface area contributed by atoms with Crippen molar-refractivity contribution in [3.05, 3.63) is 70.3 Å². The number of hydrogen-bond donors (Lipinski definition) is 1. The second-order valence-electron chi connectivity index (χ2n) is 6.82. The Morgan fingerprint density at radius 3 is 2.65 bits per heavy atom. The molecule has 0 aromatic heterocycles. The Hall–Kier alpha value is -3.39. The van der Waals surface area contributed by atoms with E-state index in [1.165, 1.54) is 0 Å². The Morgan fingerprint density at radius 2 is 1.88 bits per heavy atom. The van der Waals surface area contributed by atoms with Crippen LogP contribution in [0.5, 0.6) is 0 Å². The first-order chi connectivity index (χ1) is 12.6. The van der Waals surface area contributed by atoms with Gasteiger partial charge in [-0.1, -0.05) is 36.4 Å². The summed E-state index contributed by atoms with van der Waals surface area (Å²) >= 11 is 0. The number of nitriles is 1. The summed E-state index contributed by atoms with van der Waals surface area (Å²) in [7, 11) is 0. The molecule has 126 valence electrons. The van der Waals surface area contributed by atoms with Gasteiger partial charge in [0.25, 0.3) is 0 Å². The lowest BCUT2D eigenvalue weighted by molar-refractivity contribution is -0.117. The SMILES string of the molecule is N#CC1=C(N)OC2=C(C(=O)CCC2)C12C(=O)c1cccc3cccc2c13. The van der Waals surface area contributed by atoms with E-state index in [4.69, 9.17) is 10.5 Å². The smallest absolute Gasteiger partial charge is 0.205 e. The molecule has 1 atom stereocenters. The quantitative estimate of drug-likeness (QED) is 0.794. The summed E-state index contributed by atoms with van der Waals surface area (Å²) in [5, 5.41) is 11.5. The molecule has 2 aromatic rings. The highest BCUT2D eigenvalue weighted by Crippen LogP contribution is 2.55. The molecule has 0 bridgehead atoms. The molecule has 0 amide bonds. The third-order valence-corrected chi connectivity index (χ3v) is 5.60. The standard InChI is InChI=1S/C21H14N2O3/c22-10-14-20(23)26-16-9-3-8-15(24)18(16)21(14)13-7-2-5-11-4-1-6-12(17(11)13)19(21)25/h1-2,4-7H,3,8-9,23H2. The summed E-state index contributed by atoms with van der Waals surface area (Å²) in [4.78, 5) is 26.6. The zero-order valence-corrected chi connectivity index (χ0v) is 13.8.